The van der Waals surface area contributed by atoms with Crippen molar-refractivity contribution in [1.82, 2.24) is 4.98 Å². The van der Waals surface area contributed by atoms with Gasteiger partial charge in [-0.25, -0.2) is 4.98 Å². The summed E-state index contributed by atoms with van der Waals surface area (Å²) in [5.74, 6) is -0.294. The second-order valence-electron chi connectivity index (χ2n) is 3.78. The number of hydrogen-bond acceptors (Lipinski definition) is 3. The molecule has 4 nitrogen and oxygen atoms in total. The number of nitrogens with one attached hydrogen (secondary N) is 1. The Balaban J connectivity index is 2.21. The third-order valence-corrected chi connectivity index (χ3v) is 2.63. The summed E-state index contributed by atoms with van der Waals surface area (Å²) in [6, 6.07) is 9.54. The summed E-state index contributed by atoms with van der Waals surface area (Å²) >= 11 is 5.90. The fourth-order valence-electron chi connectivity index (χ4n) is 1.46. The van der Waals surface area contributed by atoms with Crippen molar-refractivity contribution in [3.8, 4) is 5.75 Å². The van der Waals surface area contributed by atoms with E-state index in [0.717, 1.165) is 5.69 Å². The average molecular weight is 263 g/mol. The van der Waals surface area contributed by atoms with E-state index in [1.54, 1.807) is 12.1 Å². The minimum atomic E-state index is -0.341. The SMILES string of the molecule is Cc1cccc(C(=O)Nc2ccc(O)cc2Cl)n1. The molecule has 2 aromatic rings. The number of nitrogens with zero attached hydrogens (tertiary/aromatic N) is 1. The number of pyridine rings is 1. The number of benzene rings is 1. The fourth-order valence-corrected chi connectivity index (χ4v) is 1.68. The number of carbonyl (C=O) groups excluding carboxylic acids is 1. The molecule has 18 heavy (non-hydrogen) atoms. The minimum absolute atomic E-state index is 0.0479. The number of aryl methyl sites for hydroxylation is 1. The molecule has 1 aromatic carbocycles. The Kier molecular flexibility index (Phi) is 3.48. The average Bonchev–Trinajstić information content (AvgIpc) is 2.32. The molecule has 0 unspecified atom stereocenters. The van der Waals surface area contributed by atoms with Gasteiger partial charge >= 0.3 is 0 Å². The van der Waals surface area contributed by atoms with Gasteiger partial charge in [0.15, 0.2) is 0 Å². The van der Waals surface area contributed by atoms with E-state index in [4.69, 9.17) is 11.6 Å². The van der Waals surface area contributed by atoms with Gasteiger partial charge in [0, 0.05) is 11.8 Å². The first kappa shape index (κ1) is 12.4. The molecule has 2 N–H and O–H groups in total. The van der Waals surface area contributed by atoms with Crippen LogP contribution in [0.3, 0.4) is 0 Å². The maximum absolute atomic E-state index is 11.9. The van der Waals surface area contributed by atoms with Crippen LogP contribution in [-0.4, -0.2) is 16.0 Å². The van der Waals surface area contributed by atoms with Gasteiger partial charge in [-0.15, -0.1) is 0 Å². The zero-order chi connectivity index (χ0) is 13.1. The Labute approximate surface area is 109 Å². The minimum Gasteiger partial charge on any atom is -0.508 e. The van der Waals surface area contributed by atoms with Crippen LogP contribution in [0.4, 0.5) is 5.69 Å². The first-order chi connectivity index (χ1) is 8.56. The van der Waals surface area contributed by atoms with Crippen molar-refractivity contribution in [3.05, 3.63) is 52.8 Å². The quantitative estimate of drug-likeness (QED) is 0.818. The van der Waals surface area contributed by atoms with Crippen LogP contribution in [0.15, 0.2) is 36.4 Å². The number of hydrogen-bond donors (Lipinski definition) is 2. The summed E-state index contributed by atoms with van der Waals surface area (Å²) in [5.41, 5.74) is 1.52. The number of phenolic OH excluding ortho intramolecular Hbond substituents is 1. The molecule has 0 aliphatic heterocycles. The van der Waals surface area contributed by atoms with Gasteiger partial charge in [-0.1, -0.05) is 17.7 Å². The van der Waals surface area contributed by atoms with Gasteiger partial charge < -0.3 is 10.4 Å². The highest BCUT2D eigenvalue weighted by Gasteiger charge is 2.10. The van der Waals surface area contributed by atoms with Gasteiger partial charge in [-0.2, -0.15) is 0 Å². The maximum Gasteiger partial charge on any atom is 0.274 e. The Morgan fingerprint density at radius 3 is 2.78 bits per heavy atom. The molecule has 1 aromatic heterocycles. The van der Waals surface area contributed by atoms with Crippen LogP contribution < -0.4 is 5.32 Å². The van der Waals surface area contributed by atoms with Crippen molar-refractivity contribution < 1.29 is 9.90 Å². The lowest BCUT2D eigenvalue weighted by atomic mass is 10.2. The molecule has 5 heteroatoms. The van der Waals surface area contributed by atoms with Crippen molar-refractivity contribution in [2.24, 2.45) is 0 Å². The van der Waals surface area contributed by atoms with Crippen LogP contribution in [0.5, 0.6) is 5.75 Å². The van der Waals surface area contributed by atoms with E-state index in [1.165, 1.54) is 18.2 Å². The number of rotatable bonds is 2. The van der Waals surface area contributed by atoms with Gasteiger partial charge in [0.2, 0.25) is 0 Å². The van der Waals surface area contributed by atoms with E-state index in [9.17, 15) is 9.90 Å². The molecule has 1 amide bonds. The Bertz CT molecular complexity index is 599. The molecular formula is C13H11ClN2O2. The molecule has 92 valence electrons. The lowest BCUT2D eigenvalue weighted by Gasteiger charge is -2.07. The standard InChI is InChI=1S/C13H11ClN2O2/c1-8-3-2-4-12(15-8)13(18)16-11-6-5-9(17)7-10(11)14/h2-7,17H,1H3,(H,16,18). The van der Waals surface area contributed by atoms with E-state index >= 15 is 0 Å². The van der Waals surface area contributed by atoms with E-state index < -0.39 is 0 Å². The normalized spacial score (nSPS) is 10.1. The van der Waals surface area contributed by atoms with Crippen LogP contribution in [0, 0.1) is 6.92 Å². The number of anilines is 1. The first-order valence-corrected chi connectivity index (χ1v) is 5.67. The fraction of sp³-hybridized carbons (Fsp3) is 0.0769. The summed E-state index contributed by atoms with van der Waals surface area (Å²) in [7, 11) is 0. The lowest BCUT2D eigenvalue weighted by molar-refractivity contribution is 0.102. The number of aromatic nitrogens is 1. The molecule has 2 rings (SSSR count). The van der Waals surface area contributed by atoms with Gasteiger partial charge in [0.25, 0.3) is 5.91 Å². The number of aromatic hydroxyl groups is 1. The van der Waals surface area contributed by atoms with Crippen molar-refractivity contribution in [2.45, 2.75) is 6.92 Å². The lowest BCUT2D eigenvalue weighted by Crippen LogP contribution is -2.14. The van der Waals surface area contributed by atoms with Gasteiger partial charge in [-0.3, -0.25) is 4.79 Å². The zero-order valence-electron chi connectivity index (χ0n) is 9.64. The Hall–Kier alpha value is -2.07. The van der Waals surface area contributed by atoms with E-state index in [2.05, 4.69) is 10.3 Å². The Morgan fingerprint density at radius 2 is 2.11 bits per heavy atom. The molecule has 0 saturated carbocycles. The van der Waals surface area contributed by atoms with Gasteiger partial charge in [-0.05, 0) is 31.2 Å². The number of carbonyl (C=O) groups is 1. The molecule has 0 atom stereocenters. The van der Waals surface area contributed by atoms with Gasteiger partial charge in [0.05, 0.1) is 10.7 Å². The summed E-state index contributed by atoms with van der Waals surface area (Å²) in [6.45, 7) is 1.81. The van der Waals surface area contributed by atoms with E-state index in [-0.39, 0.29) is 16.7 Å². The number of amides is 1. The van der Waals surface area contributed by atoms with Crippen molar-refractivity contribution in [2.75, 3.05) is 5.32 Å². The molecule has 0 spiro atoms. The third-order valence-electron chi connectivity index (χ3n) is 2.32. The zero-order valence-corrected chi connectivity index (χ0v) is 10.4. The molecule has 0 aliphatic rings. The molecule has 0 aliphatic carbocycles. The van der Waals surface area contributed by atoms with Crippen LogP contribution in [0.2, 0.25) is 5.02 Å². The summed E-state index contributed by atoms with van der Waals surface area (Å²) in [6.07, 6.45) is 0. The van der Waals surface area contributed by atoms with Crippen molar-refractivity contribution in [1.29, 1.82) is 0 Å². The number of halogens is 1. The molecule has 0 saturated heterocycles. The monoisotopic (exact) mass is 262 g/mol. The highest BCUT2D eigenvalue weighted by Crippen LogP contribution is 2.26. The summed E-state index contributed by atoms with van der Waals surface area (Å²) < 4.78 is 0. The van der Waals surface area contributed by atoms with Gasteiger partial charge in [0.1, 0.15) is 11.4 Å². The first-order valence-electron chi connectivity index (χ1n) is 5.30. The van der Waals surface area contributed by atoms with Crippen LogP contribution >= 0.6 is 11.6 Å². The highest BCUT2D eigenvalue weighted by molar-refractivity contribution is 6.34. The molecule has 0 bridgehead atoms. The third kappa shape index (κ3) is 2.78. The maximum atomic E-state index is 11.9. The van der Waals surface area contributed by atoms with Crippen LogP contribution in [0.25, 0.3) is 0 Å². The van der Waals surface area contributed by atoms with Crippen molar-refractivity contribution in [3.63, 3.8) is 0 Å². The topological polar surface area (TPSA) is 62.2 Å². The molecule has 0 radical (unpaired) electrons. The predicted octanol–water partition coefficient (Wildman–Crippen LogP) is 3.00. The number of phenols is 1. The second kappa shape index (κ2) is 5.06. The van der Waals surface area contributed by atoms with E-state index in [0.29, 0.717) is 11.4 Å². The molecule has 0 fully saturated rings. The predicted molar refractivity (Wildman–Crippen MR) is 70.0 cm³/mol. The molecular weight excluding hydrogens is 252 g/mol. The van der Waals surface area contributed by atoms with Crippen LogP contribution in [0.1, 0.15) is 16.2 Å². The summed E-state index contributed by atoms with van der Waals surface area (Å²) in [5, 5.41) is 12.1. The summed E-state index contributed by atoms with van der Waals surface area (Å²) in [4.78, 5) is 16.0. The Morgan fingerprint density at radius 1 is 1.33 bits per heavy atom. The smallest absolute Gasteiger partial charge is 0.274 e. The van der Waals surface area contributed by atoms with Crippen LogP contribution in [-0.2, 0) is 0 Å². The second-order valence-corrected chi connectivity index (χ2v) is 4.19. The van der Waals surface area contributed by atoms with E-state index in [1.807, 2.05) is 13.0 Å². The highest BCUT2D eigenvalue weighted by atomic mass is 35.5. The molecule has 1 heterocycles. The largest absolute Gasteiger partial charge is 0.508 e. The van der Waals surface area contributed by atoms with Crippen molar-refractivity contribution >= 4 is 23.2 Å².